The summed E-state index contributed by atoms with van der Waals surface area (Å²) >= 11 is 0. The number of aromatic carboxylic acids is 1. The number of nitrogens with zero attached hydrogens (tertiary/aromatic N) is 3. The normalized spacial score (nSPS) is 10.5. The molecule has 0 atom stereocenters. The van der Waals surface area contributed by atoms with Crippen molar-refractivity contribution in [3.8, 4) is 0 Å². The molecule has 0 saturated carbocycles. The van der Waals surface area contributed by atoms with E-state index in [2.05, 4.69) is 5.10 Å². The fourth-order valence-corrected chi connectivity index (χ4v) is 1.68. The second-order valence-electron chi connectivity index (χ2n) is 3.86. The summed E-state index contributed by atoms with van der Waals surface area (Å²) in [6, 6.07) is 2.85. The molecule has 6 nitrogen and oxygen atoms in total. The molecule has 0 bridgehead atoms. The van der Waals surface area contributed by atoms with Gasteiger partial charge in [-0.25, -0.2) is 4.79 Å². The van der Waals surface area contributed by atoms with Gasteiger partial charge in [0.1, 0.15) is 5.56 Å². The van der Waals surface area contributed by atoms with Crippen molar-refractivity contribution < 1.29 is 9.90 Å². The Morgan fingerprint density at radius 3 is 2.89 bits per heavy atom. The smallest absolute Gasteiger partial charge is 0.341 e. The Morgan fingerprint density at radius 1 is 1.50 bits per heavy atom. The highest BCUT2D eigenvalue weighted by Crippen LogP contribution is 2.01. The van der Waals surface area contributed by atoms with Crippen molar-refractivity contribution in [1.82, 2.24) is 14.3 Å². The van der Waals surface area contributed by atoms with Crippen molar-refractivity contribution in [2.45, 2.75) is 20.0 Å². The van der Waals surface area contributed by atoms with E-state index >= 15 is 0 Å². The molecule has 2 rings (SSSR count). The van der Waals surface area contributed by atoms with Gasteiger partial charge in [-0.15, -0.1) is 0 Å². The van der Waals surface area contributed by atoms with Crippen LogP contribution in [0.5, 0.6) is 0 Å². The average molecular weight is 247 g/mol. The first-order valence-corrected chi connectivity index (χ1v) is 5.56. The molecule has 0 saturated heterocycles. The maximum Gasteiger partial charge on any atom is 0.341 e. The zero-order valence-corrected chi connectivity index (χ0v) is 9.91. The minimum absolute atomic E-state index is 0.222. The van der Waals surface area contributed by atoms with Crippen LogP contribution in [0.4, 0.5) is 0 Å². The van der Waals surface area contributed by atoms with Gasteiger partial charge in [0.15, 0.2) is 0 Å². The molecule has 0 spiro atoms. The van der Waals surface area contributed by atoms with Crippen LogP contribution in [0.15, 0.2) is 35.5 Å². The molecule has 0 amide bonds. The number of hydrogen-bond donors (Lipinski definition) is 1. The Morgan fingerprint density at radius 2 is 2.28 bits per heavy atom. The van der Waals surface area contributed by atoms with Crippen molar-refractivity contribution in [2.24, 2.45) is 0 Å². The van der Waals surface area contributed by atoms with Gasteiger partial charge in [-0.2, -0.15) is 5.10 Å². The van der Waals surface area contributed by atoms with Gasteiger partial charge in [0.2, 0.25) is 0 Å². The third kappa shape index (κ3) is 2.32. The van der Waals surface area contributed by atoms with E-state index in [0.29, 0.717) is 6.54 Å². The fraction of sp³-hybridized carbons (Fsp3) is 0.250. The molecule has 0 aliphatic rings. The predicted molar refractivity (Wildman–Crippen MR) is 64.7 cm³/mol. The highest BCUT2D eigenvalue weighted by molar-refractivity contribution is 5.86. The lowest BCUT2D eigenvalue weighted by Crippen LogP contribution is -2.25. The molecule has 2 aromatic rings. The van der Waals surface area contributed by atoms with Crippen LogP contribution in [0.3, 0.4) is 0 Å². The maximum absolute atomic E-state index is 11.8. The van der Waals surface area contributed by atoms with E-state index in [9.17, 15) is 9.59 Å². The van der Waals surface area contributed by atoms with Gasteiger partial charge >= 0.3 is 5.97 Å². The van der Waals surface area contributed by atoms with Crippen molar-refractivity contribution in [3.05, 3.63) is 52.2 Å². The number of carboxylic acids is 1. The lowest BCUT2D eigenvalue weighted by Gasteiger charge is -2.04. The van der Waals surface area contributed by atoms with Crippen molar-refractivity contribution in [3.63, 3.8) is 0 Å². The number of carbonyl (C=O) groups is 1. The van der Waals surface area contributed by atoms with Gasteiger partial charge in [0.05, 0.1) is 12.7 Å². The number of rotatable bonds is 4. The summed E-state index contributed by atoms with van der Waals surface area (Å²) in [6.45, 7) is 3.04. The molecule has 0 aliphatic carbocycles. The molecule has 2 heterocycles. The third-order valence-electron chi connectivity index (χ3n) is 2.61. The molecule has 18 heavy (non-hydrogen) atoms. The number of pyridine rings is 1. The summed E-state index contributed by atoms with van der Waals surface area (Å²) in [6.07, 6.45) is 5.07. The topological polar surface area (TPSA) is 77.1 Å². The van der Waals surface area contributed by atoms with E-state index in [1.54, 1.807) is 23.1 Å². The maximum atomic E-state index is 11.8. The highest BCUT2D eigenvalue weighted by Gasteiger charge is 2.10. The average Bonchev–Trinajstić information content (AvgIpc) is 2.79. The summed E-state index contributed by atoms with van der Waals surface area (Å²) in [5.41, 5.74) is 0.135. The van der Waals surface area contributed by atoms with Crippen LogP contribution in [-0.2, 0) is 13.1 Å². The first-order chi connectivity index (χ1) is 8.61. The summed E-state index contributed by atoms with van der Waals surface area (Å²) in [5, 5.41) is 13.0. The minimum atomic E-state index is -1.21. The van der Waals surface area contributed by atoms with Gasteiger partial charge in [-0.1, -0.05) is 0 Å². The van der Waals surface area contributed by atoms with E-state index < -0.39 is 11.5 Å². The molecule has 2 aromatic heterocycles. The molecule has 0 radical (unpaired) electrons. The van der Waals surface area contributed by atoms with Crippen molar-refractivity contribution in [2.75, 3.05) is 0 Å². The summed E-state index contributed by atoms with van der Waals surface area (Å²) < 4.78 is 3.11. The van der Waals surface area contributed by atoms with Gasteiger partial charge in [0.25, 0.3) is 5.56 Å². The quantitative estimate of drug-likeness (QED) is 0.867. The standard InChI is InChI=1S/C12H13N3O3/c1-2-15-8-9(6-13-15)7-14-5-3-4-10(11(14)16)12(17)18/h3-6,8H,2,7H2,1H3,(H,17,18). The number of aryl methyl sites for hydroxylation is 1. The Labute approximate surface area is 103 Å². The summed E-state index contributed by atoms with van der Waals surface area (Å²) in [7, 11) is 0. The first-order valence-electron chi connectivity index (χ1n) is 5.56. The van der Waals surface area contributed by atoms with Crippen LogP contribution in [0, 0.1) is 0 Å². The predicted octanol–water partition coefficient (Wildman–Crippen LogP) is 0.811. The zero-order valence-electron chi connectivity index (χ0n) is 9.91. The van der Waals surface area contributed by atoms with Gasteiger partial charge in [-0.05, 0) is 19.1 Å². The molecule has 1 N–H and O–H groups in total. The van der Waals surface area contributed by atoms with Crippen LogP contribution in [0.1, 0.15) is 22.8 Å². The molecule has 0 aliphatic heterocycles. The summed E-state index contributed by atoms with van der Waals surface area (Å²) in [4.78, 5) is 22.7. The van der Waals surface area contributed by atoms with Crippen LogP contribution in [0.25, 0.3) is 0 Å². The Kier molecular flexibility index (Phi) is 3.27. The largest absolute Gasteiger partial charge is 0.477 e. The van der Waals surface area contributed by atoms with E-state index in [1.807, 2.05) is 13.1 Å². The molecule has 0 aromatic carbocycles. The van der Waals surface area contributed by atoms with Gasteiger partial charge < -0.3 is 9.67 Å². The van der Waals surface area contributed by atoms with Crippen LogP contribution in [0.2, 0.25) is 0 Å². The fourth-order valence-electron chi connectivity index (χ4n) is 1.68. The SMILES string of the molecule is CCn1cc(Cn2cccc(C(=O)O)c2=O)cn1. The Hall–Kier alpha value is -2.37. The van der Waals surface area contributed by atoms with Crippen LogP contribution >= 0.6 is 0 Å². The lowest BCUT2D eigenvalue weighted by molar-refractivity contribution is 0.0694. The van der Waals surface area contributed by atoms with E-state index in [1.165, 1.54) is 10.6 Å². The minimum Gasteiger partial charge on any atom is -0.477 e. The van der Waals surface area contributed by atoms with Crippen molar-refractivity contribution in [1.29, 1.82) is 0 Å². The Balaban J connectivity index is 2.32. The molecule has 94 valence electrons. The zero-order chi connectivity index (χ0) is 13.1. The monoisotopic (exact) mass is 247 g/mol. The summed E-state index contributed by atoms with van der Waals surface area (Å²) in [5.74, 6) is -1.21. The highest BCUT2D eigenvalue weighted by atomic mass is 16.4. The second kappa shape index (κ2) is 4.87. The molecule has 6 heteroatoms. The number of hydrogen-bond acceptors (Lipinski definition) is 3. The molecule has 0 fully saturated rings. The molecular formula is C12H13N3O3. The van der Waals surface area contributed by atoms with Gasteiger partial charge in [-0.3, -0.25) is 9.48 Å². The van der Waals surface area contributed by atoms with Gasteiger partial charge in [0, 0.05) is 24.5 Å². The van der Waals surface area contributed by atoms with E-state index in [-0.39, 0.29) is 5.56 Å². The molecule has 0 unspecified atom stereocenters. The van der Waals surface area contributed by atoms with Crippen molar-refractivity contribution >= 4 is 5.97 Å². The lowest BCUT2D eigenvalue weighted by atomic mass is 10.2. The molecular weight excluding hydrogens is 234 g/mol. The number of carboxylic acid groups (broad SMARTS) is 1. The van der Waals surface area contributed by atoms with Crippen LogP contribution < -0.4 is 5.56 Å². The van der Waals surface area contributed by atoms with E-state index in [0.717, 1.165) is 12.1 Å². The first kappa shape index (κ1) is 12.1. The third-order valence-corrected chi connectivity index (χ3v) is 2.61. The second-order valence-corrected chi connectivity index (χ2v) is 3.86. The number of aromatic nitrogens is 3. The van der Waals surface area contributed by atoms with E-state index in [4.69, 9.17) is 5.11 Å². The Bertz CT molecular complexity index is 627. The van der Waals surface area contributed by atoms with Crippen LogP contribution in [-0.4, -0.2) is 25.4 Å².